The minimum Gasteiger partial charge on any atom is -0.435 e. The van der Waals surface area contributed by atoms with Crippen molar-refractivity contribution < 1.29 is 31.8 Å². The summed E-state index contributed by atoms with van der Waals surface area (Å²) < 4.78 is 59.6. The van der Waals surface area contributed by atoms with Crippen LogP contribution in [0.5, 0.6) is 11.5 Å². The second-order valence-corrected chi connectivity index (χ2v) is 9.14. The molecule has 0 bridgehead atoms. The maximum Gasteiger partial charge on any atom is 0.387 e. The first kappa shape index (κ1) is 27.5. The molecule has 4 aromatic carbocycles. The third kappa shape index (κ3) is 6.85. The largest absolute Gasteiger partial charge is 0.435 e. The number of carbonyl (C=O) groups is 1. The molecule has 196 valence electrons. The normalized spacial score (nSPS) is 12.8. The molecule has 0 heterocycles. The number of halogens is 6. The van der Waals surface area contributed by atoms with E-state index in [-0.39, 0.29) is 17.3 Å². The Hall–Kier alpha value is -3.55. The lowest BCUT2D eigenvalue weighted by Crippen LogP contribution is -2.23. The van der Waals surface area contributed by atoms with Gasteiger partial charge in [-0.2, -0.15) is 17.6 Å². The second kappa shape index (κ2) is 12.3. The summed E-state index contributed by atoms with van der Waals surface area (Å²) in [6.45, 7) is -5.97. The number of alkyl halides is 4. The lowest BCUT2D eigenvalue weighted by molar-refractivity contribution is -0.120. The minimum absolute atomic E-state index is 0.0464. The first-order valence-corrected chi connectivity index (χ1v) is 12.1. The number of hydrogen-bond donors (Lipinski definition) is 0. The number of Topliss-reactive ketones (excluding diaryl/α,β-unsaturated/α-hetero) is 1. The van der Waals surface area contributed by atoms with E-state index in [4.69, 9.17) is 23.2 Å². The van der Waals surface area contributed by atoms with E-state index in [1.165, 1.54) is 24.3 Å². The Morgan fingerprint density at radius 3 is 1.03 bits per heavy atom. The van der Waals surface area contributed by atoms with E-state index in [9.17, 15) is 22.4 Å². The van der Waals surface area contributed by atoms with Crippen LogP contribution >= 0.6 is 23.2 Å². The van der Waals surface area contributed by atoms with Gasteiger partial charge in [-0.3, -0.25) is 4.79 Å². The summed E-state index contributed by atoms with van der Waals surface area (Å²) in [4.78, 5) is 14.4. The molecule has 0 radical (unpaired) electrons. The molecule has 0 fully saturated rings. The average molecular weight is 563 g/mol. The van der Waals surface area contributed by atoms with Crippen LogP contribution in [-0.4, -0.2) is 19.0 Å². The summed E-state index contributed by atoms with van der Waals surface area (Å²) in [7, 11) is 0. The molecule has 38 heavy (non-hydrogen) atoms. The van der Waals surface area contributed by atoms with Crippen LogP contribution in [0, 0.1) is 0 Å². The van der Waals surface area contributed by atoms with Crippen molar-refractivity contribution in [1.82, 2.24) is 0 Å². The molecule has 0 aromatic heterocycles. The summed E-state index contributed by atoms with van der Waals surface area (Å²) in [5.74, 6) is -2.00. The highest BCUT2D eigenvalue weighted by Crippen LogP contribution is 2.37. The monoisotopic (exact) mass is 562 g/mol. The van der Waals surface area contributed by atoms with Crippen molar-refractivity contribution in [2.24, 2.45) is 0 Å². The molecule has 0 saturated carbocycles. The van der Waals surface area contributed by atoms with Gasteiger partial charge in [0.2, 0.25) is 0 Å². The van der Waals surface area contributed by atoms with Crippen LogP contribution in [0.15, 0.2) is 97.1 Å². The smallest absolute Gasteiger partial charge is 0.387 e. The van der Waals surface area contributed by atoms with Crippen LogP contribution in [0.4, 0.5) is 17.6 Å². The lowest BCUT2D eigenvalue weighted by atomic mass is 9.77. The number of benzene rings is 4. The molecule has 3 nitrogen and oxygen atoms in total. The molecule has 0 aliphatic rings. The quantitative estimate of drug-likeness (QED) is 0.181. The van der Waals surface area contributed by atoms with Gasteiger partial charge in [0.25, 0.3) is 0 Å². The third-order valence-electron chi connectivity index (χ3n) is 5.85. The zero-order valence-corrected chi connectivity index (χ0v) is 21.1. The fraction of sp³-hybridized carbons (Fsp3) is 0.138. The highest BCUT2D eigenvalue weighted by Gasteiger charge is 2.32. The molecule has 4 aromatic rings. The molecule has 0 aliphatic heterocycles. The number of ketones is 1. The summed E-state index contributed by atoms with van der Waals surface area (Å²) in [5.41, 5.74) is 2.32. The van der Waals surface area contributed by atoms with Crippen molar-refractivity contribution in [1.29, 1.82) is 0 Å². The van der Waals surface area contributed by atoms with E-state index >= 15 is 0 Å². The Morgan fingerprint density at radius 2 is 0.763 bits per heavy atom. The van der Waals surface area contributed by atoms with E-state index in [2.05, 4.69) is 9.47 Å². The Morgan fingerprint density at radius 1 is 0.500 bits per heavy atom. The summed E-state index contributed by atoms with van der Waals surface area (Å²) >= 11 is 12.2. The molecule has 2 unspecified atom stereocenters. The Balaban J connectivity index is 1.80. The van der Waals surface area contributed by atoms with Crippen LogP contribution in [0.25, 0.3) is 0 Å². The van der Waals surface area contributed by atoms with Crippen LogP contribution in [0.3, 0.4) is 0 Å². The first-order chi connectivity index (χ1) is 18.2. The van der Waals surface area contributed by atoms with E-state index in [0.29, 0.717) is 32.3 Å². The molecule has 0 N–H and O–H groups in total. The van der Waals surface area contributed by atoms with Gasteiger partial charge in [-0.15, -0.1) is 0 Å². The SMILES string of the molecule is O=C(C(c1ccc(Cl)cc1)c1ccc(OC(F)F)cc1)C(c1ccc(Cl)cc1)c1ccc(OC(F)F)cc1. The molecular weight excluding hydrogens is 543 g/mol. The van der Waals surface area contributed by atoms with Crippen molar-refractivity contribution in [3.63, 3.8) is 0 Å². The fourth-order valence-electron chi connectivity index (χ4n) is 4.20. The molecule has 0 spiro atoms. The van der Waals surface area contributed by atoms with Gasteiger partial charge in [-0.05, 0) is 70.8 Å². The van der Waals surface area contributed by atoms with Crippen LogP contribution in [-0.2, 0) is 4.79 Å². The highest BCUT2D eigenvalue weighted by atomic mass is 35.5. The molecule has 0 aliphatic carbocycles. The number of rotatable bonds is 10. The second-order valence-electron chi connectivity index (χ2n) is 8.27. The van der Waals surface area contributed by atoms with E-state index < -0.39 is 25.1 Å². The van der Waals surface area contributed by atoms with Crippen LogP contribution in [0.2, 0.25) is 10.0 Å². The summed E-state index contributed by atoms with van der Waals surface area (Å²) in [5, 5.41) is 0.953. The van der Waals surface area contributed by atoms with Gasteiger partial charge >= 0.3 is 13.2 Å². The average Bonchev–Trinajstić information content (AvgIpc) is 2.88. The number of carbonyl (C=O) groups excluding carboxylic acids is 1. The van der Waals surface area contributed by atoms with Crippen molar-refractivity contribution in [3.05, 3.63) is 129 Å². The van der Waals surface area contributed by atoms with Gasteiger partial charge in [0.1, 0.15) is 11.5 Å². The predicted octanol–water partition coefficient (Wildman–Crippen LogP) is 8.73. The topological polar surface area (TPSA) is 35.5 Å². The Bertz CT molecular complexity index is 1240. The van der Waals surface area contributed by atoms with Crippen molar-refractivity contribution in [2.75, 3.05) is 0 Å². The molecule has 4 rings (SSSR count). The van der Waals surface area contributed by atoms with Crippen LogP contribution in [0.1, 0.15) is 34.1 Å². The van der Waals surface area contributed by atoms with Gasteiger partial charge in [-0.1, -0.05) is 71.7 Å². The first-order valence-electron chi connectivity index (χ1n) is 11.4. The fourth-order valence-corrected chi connectivity index (χ4v) is 4.45. The van der Waals surface area contributed by atoms with Gasteiger partial charge in [-0.25, -0.2) is 0 Å². The van der Waals surface area contributed by atoms with Gasteiger partial charge < -0.3 is 9.47 Å². The third-order valence-corrected chi connectivity index (χ3v) is 6.36. The molecule has 0 saturated heterocycles. The van der Waals surface area contributed by atoms with Gasteiger partial charge in [0, 0.05) is 10.0 Å². The molecule has 9 heteroatoms. The number of hydrogen-bond acceptors (Lipinski definition) is 3. The standard InChI is InChI=1S/C29H20Cl2F4O3/c30-21-9-1-17(2-10-21)25(19-5-13-23(14-6-19)37-28(32)33)27(36)26(18-3-11-22(31)12-4-18)20-7-15-24(16-8-20)38-29(34)35/h1-16,25-26,28-29H. The highest BCUT2D eigenvalue weighted by molar-refractivity contribution is 6.30. The van der Waals surface area contributed by atoms with Gasteiger partial charge in [0.15, 0.2) is 5.78 Å². The predicted molar refractivity (Wildman–Crippen MR) is 138 cm³/mol. The summed E-state index contributed by atoms with van der Waals surface area (Å²) in [6, 6.07) is 25.1. The summed E-state index contributed by atoms with van der Waals surface area (Å²) in [6.07, 6.45) is 0. The zero-order valence-electron chi connectivity index (χ0n) is 19.5. The van der Waals surface area contributed by atoms with E-state index in [0.717, 1.165) is 0 Å². The maximum absolute atomic E-state index is 14.4. The van der Waals surface area contributed by atoms with Crippen molar-refractivity contribution >= 4 is 29.0 Å². The lowest BCUT2D eigenvalue weighted by Gasteiger charge is -2.25. The molecular formula is C29H20Cl2F4O3. The maximum atomic E-state index is 14.4. The minimum atomic E-state index is -2.99. The van der Waals surface area contributed by atoms with Crippen molar-refractivity contribution in [3.8, 4) is 11.5 Å². The van der Waals surface area contributed by atoms with Gasteiger partial charge in [0.05, 0.1) is 11.8 Å². The van der Waals surface area contributed by atoms with E-state index in [1.54, 1.807) is 72.8 Å². The molecule has 0 amide bonds. The Labute approximate surface area is 226 Å². The van der Waals surface area contributed by atoms with E-state index in [1.807, 2.05) is 0 Å². The van der Waals surface area contributed by atoms with Crippen molar-refractivity contribution in [2.45, 2.75) is 25.1 Å². The zero-order chi connectivity index (χ0) is 27.2. The number of ether oxygens (including phenoxy) is 2. The molecule has 2 atom stereocenters. The van der Waals surface area contributed by atoms with Crippen LogP contribution < -0.4 is 9.47 Å². The Kier molecular flexibility index (Phi) is 8.92.